The Morgan fingerprint density at radius 3 is 2.65 bits per heavy atom. The predicted octanol–water partition coefficient (Wildman–Crippen LogP) is 5.13. The van der Waals surface area contributed by atoms with E-state index < -0.39 is 10.0 Å². The van der Waals surface area contributed by atoms with Gasteiger partial charge in [0.25, 0.3) is 0 Å². The molecule has 0 bridgehead atoms. The molecule has 2 aromatic carbocycles. The van der Waals surface area contributed by atoms with Crippen molar-refractivity contribution in [2.45, 2.75) is 50.8 Å². The van der Waals surface area contributed by atoms with Gasteiger partial charge in [0.1, 0.15) is 5.82 Å². The first kappa shape index (κ1) is 23.4. The minimum atomic E-state index is -3.58. The topological polar surface area (TPSA) is 84.1 Å². The largest absolute Gasteiger partial charge is 0.381 e. The van der Waals surface area contributed by atoms with Crippen molar-refractivity contribution in [3.63, 3.8) is 0 Å². The first-order valence-corrected chi connectivity index (χ1v) is 12.6. The maximum atomic E-state index is 12.7. The van der Waals surface area contributed by atoms with Crippen molar-refractivity contribution in [2.75, 3.05) is 19.8 Å². The van der Waals surface area contributed by atoms with Gasteiger partial charge in [-0.3, -0.25) is 0 Å². The van der Waals surface area contributed by atoms with Gasteiger partial charge in [-0.15, -0.1) is 0 Å². The Kier molecular flexibility index (Phi) is 8.63. The number of nitrogens with one attached hydrogen (secondary N) is 2. The van der Waals surface area contributed by atoms with Gasteiger partial charge >= 0.3 is 0 Å². The third kappa shape index (κ3) is 6.63. The maximum Gasteiger partial charge on any atom is 0.240 e. The van der Waals surface area contributed by atoms with Gasteiger partial charge in [-0.1, -0.05) is 63.4 Å². The van der Waals surface area contributed by atoms with Crippen LogP contribution in [0, 0.1) is 5.92 Å². The molecule has 1 unspecified atom stereocenters. The molecule has 6 nitrogen and oxygen atoms in total. The lowest BCUT2D eigenvalue weighted by Gasteiger charge is -2.14. The van der Waals surface area contributed by atoms with Crippen LogP contribution in [0.2, 0.25) is 0 Å². The van der Waals surface area contributed by atoms with Crippen LogP contribution in [0.15, 0.2) is 53.4 Å². The molecule has 0 aliphatic heterocycles. The highest BCUT2D eigenvalue weighted by Crippen LogP contribution is 2.22. The average Bonchev–Trinajstić information content (AvgIpc) is 3.22. The van der Waals surface area contributed by atoms with Crippen LogP contribution in [0.1, 0.15) is 46.0 Å². The molecule has 1 atom stereocenters. The van der Waals surface area contributed by atoms with E-state index in [4.69, 9.17) is 4.74 Å². The number of rotatable bonds is 13. The van der Waals surface area contributed by atoms with Crippen molar-refractivity contribution in [1.29, 1.82) is 0 Å². The second-order valence-corrected chi connectivity index (χ2v) is 9.64. The van der Waals surface area contributed by atoms with Crippen molar-refractivity contribution in [1.82, 2.24) is 14.7 Å². The fraction of sp³-hybridized carbons (Fsp3) is 0.458. The van der Waals surface area contributed by atoms with E-state index in [1.165, 1.54) is 19.3 Å². The summed E-state index contributed by atoms with van der Waals surface area (Å²) >= 11 is 0. The van der Waals surface area contributed by atoms with Gasteiger partial charge < -0.3 is 9.72 Å². The van der Waals surface area contributed by atoms with Gasteiger partial charge in [-0.05, 0) is 37.0 Å². The molecule has 0 aliphatic carbocycles. The van der Waals surface area contributed by atoms with E-state index in [2.05, 4.69) is 28.5 Å². The van der Waals surface area contributed by atoms with Gasteiger partial charge in [-0.2, -0.15) is 0 Å². The van der Waals surface area contributed by atoms with Crippen molar-refractivity contribution < 1.29 is 13.2 Å². The molecular weight excluding hydrogens is 410 g/mol. The number of sulfonamides is 1. The third-order valence-corrected chi connectivity index (χ3v) is 6.92. The first-order chi connectivity index (χ1) is 15.0. The summed E-state index contributed by atoms with van der Waals surface area (Å²) in [6.45, 7) is 6.06. The van der Waals surface area contributed by atoms with Gasteiger partial charge in [0.2, 0.25) is 10.0 Å². The molecule has 0 saturated heterocycles. The molecule has 2 N–H and O–H groups in total. The number of hydrogen-bond acceptors (Lipinski definition) is 4. The molecule has 0 aliphatic rings. The van der Waals surface area contributed by atoms with Crippen molar-refractivity contribution >= 4 is 21.1 Å². The van der Waals surface area contributed by atoms with E-state index in [1.807, 2.05) is 30.3 Å². The van der Waals surface area contributed by atoms with Crippen LogP contribution >= 0.6 is 0 Å². The molecule has 7 heteroatoms. The zero-order valence-electron chi connectivity index (χ0n) is 18.4. The zero-order valence-corrected chi connectivity index (χ0v) is 19.2. The molecule has 3 aromatic rings. The number of ether oxygens (including phenoxy) is 1. The average molecular weight is 444 g/mol. The number of imidazole rings is 1. The van der Waals surface area contributed by atoms with E-state index >= 15 is 0 Å². The van der Waals surface area contributed by atoms with Crippen LogP contribution in [0.3, 0.4) is 0 Å². The summed E-state index contributed by atoms with van der Waals surface area (Å²) in [5.41, 5.74) is 2.39. The van der Waals surface area contributed by atoms with E-state index in [0.717, 1.165) is 29.9 Å². The molecular formula is C24H33N3O3S. The van der Waals surface area contributed by atoms with Crippen LogP contribution in [0.5, 0.6) is 0 Å². The lowest BCUT2D eigenvalue weighted by molar-refractivity contribution is 0.0928. The Morgan fingerprint density at radius 2 is 1.90 bits per heavy atom. The van der Waals surface area contributed by atoms with E-state index in [0.29, 0.717) is 31.0 Å². The number of fused-ring (bicyclic) bond motifs is 1. The Balaban J connectivity index is 1.52. The second kappa shape index (κ2) is 11.4. The zero-order chi connectivity index (χ0) is 22.1. The molecule has 168 valence electrons. The standard InChI is InChI=1S/C24H33N3O3S/c1-3-5-10-19(4-2)18-30-16-9-15-25-31(28,29)21-13-14-22-23(17-21)27-24(26-22)20-11-7-6-8-12-20/h6-8,11-14,17,19,25H,3-5,9-10,15-16,18H2,1-2H3,(H,26,27). The molecule has 3 rings (SSSR count). The van der Waals surface area contributed by atoms with Crippen molar-refractivity contribution in [3.8, 4) is 11.4 Å². The van der Waals surface area contributed by atoms with Gasteiger partial charge in [-0.25, -0.2) is 18.1 Å². The number of unbranched alkanes of at least 4 members (excludes halogenated alkanes) is 1. The van der Waals surface area contributed by atoms with Crippen molar-refractivity contribution in [3.05, 3.63) is 48.5 Å². The van der Waals surface area contributed by atoms with Gasteiger partial charge in [0, 0.05) is 25.3 Å². The monoisotopic (exact) mass is 443 g/mol. The maximum absolute atomic E-state index is 12.7. The highest BCUT2D eigenvalue weighted by molar-refractivity contribution is 7.89. The lowest BCUT2D eigenvalue weighted by Crippen LogP contribution is -2.25. The smallest absolute Gasteiger partial charge is 0.240 e. The van der Waals surface area contributed by atoms with Crippen LogP contribution in [0.25, 0.3) is 22.4 Å². The number of nitrogens with zero attached hydrogens (tertiary/aromatic N) is 1. The molecule has 0 fully saturated rings. The highest BCUT2D eigenvalue weighted by atomic mass is 32.2. The van der Waals surface area contributed by atoms with Crippen LogP contribution in [-0.2, 0) is 14.8 Å². The fourth-order valence-corrected chi connectivity index (χ4v) is 4.60. The normalized spacial score (nSPS) is 13.0. The predicted molar refractivity (Wildman–Crippen MR) is 125 cm³/mol. The molecule has 0 spiro atoms. The molecule has 0 amide bonds. The minimum absolute atomic E-state index is 0.231. The lowest BCUT2D eigenvalue weighted by atomic mass is 10.0. The molecule has 31 heavy (non-hydrogen) atoms. The van der Waals surface area contributed by atoms with Crippen LogP contribution in [0.4, 0.5) is 0 Å². The quantitative estimate of drug-likeness (QED) is 0.359. The van der Waals surface area contributed by atoms with E-state index in [9.17, 15) is 8.42 Å². The number of H-pyrrole nitrogens is 1. The summed E-state index contributed by atoms with van der Waals surface area (Å²) in [6, 6.07) is 14.7. The number of benzene rings is 2. The SMILES string of the molecule is CCCCC(CC)COCCCNS(=O)(=O)c1ccc2nc(-c3ccccc3)[nH]c2c1. The fourth-order valence-electron chi connectivity index (χ4n) is 3.50. The summed E-state index contributed by atoms with van der Waals surface area (Å²) in [6.07, 6.45) is 5.40. The Bertz CT molecular complexity index is 1050. The Labute approximate surface area is 185 Å². The summed E-state index contributed by atoms with van der Waals surface area (Å²) in [4.78, 5) is 8.00. The minimum Gasteiger partial charge on any atom is -0.381 e. The highest BCUT2D eigenvalue weighted by Gasteiger charge is 2.15. The van der Waals surface area contributed by atoms with Crippen molar-refractivity contribution in [2.24, 2.45) is 5.92 Å². The van der Waals surface area contributed by atoms with Gasteiger partial charge in [0.15, 0.2) is 0 Å². The Morgan fingerprint density at radius 1 is 1.10 bits per heavy atom. The molecule has 0 saturated carbocycles. The number of hydrogen-bond donors (Lipinski definition) is 2. The van der Waals surface area contributed by atoms with E-state index in [-0.39, 0.29) is 4.90 Å². The van der Waals surface area contributed by atoms with Gasteiger partial charge in [0.05, 0.1) is 15.9 Å². The summed E-state index contributed by atoms with van der Waals surface area (Å²) in [5.74, 6) is 1.32. The first-order valence-electron chi connectivity index (χ1n) is 11.2. The second-order valence-electron chi connectivity index (χ2n) is 7.87. The Hall–Kier alpha value is -2.22. The van der Waals surface area contributed by atoms with Crippen LogP contribution < -0.4 is 4.72 Å². The number of aromatic nitrogens is 2. The molecule has 1 heterocycles. The van der Waals surface area contributed by atoms with Crippen LogP contribution in [-0.4, -0.2) is 38.1 Å². The summed E-state index contributed by atoms with van der Waals surface area (Å²) < 4.78 is 33.8. The third-order valence-electron chi connectivity index (χ3n) is 5.47. The van der Waals surface area contributed by atoms with E-state index in [1.54, 1.807) is 18.2 Å². The molecule has 0 radical (unpaired) electrons. The molecule has 1 aromatic heterocycles. The summed E-state index contributed by atoms with van der Waals surface area (Å²) in [7, 11) is -3.58. The summed E-state index contributed by atoms with van der Waals surface area (Å²) in [5, 5.41) is 0. The number of aromatic amines is 1.